The molecule has 4 nitrogen and oxygen atoms in total. The van der Waals surface area contributed by atoms with Gasteiger partial charge in [-0.2, -0.15) is 21.6 Å². The third kappa shape index (κ3) is 4.51. The molecule has 0 spiro atoms. The van der Waals surface area contributed by atoms with Crippen LogP contribution in [0.25, 0.3) is 0 Å². The summed E-state index contributed by atoms with van der Waals surface area (Å²) in [6, 6.07) is 0. The van der Waals surface area contributed by atoms with Gasteiger partial charge < -0.3 is 4.18 Å². The first-order chi connectivity index (χ1) is 5.54. The standard InChI is InChI=1S/C5H5F3O4S/c1-3(5(6,7)8)4(9)12-13(2,10)11/h1H2,2H3. The fraction of sp³-hybridized carbons (Fsp3) is 0.400. The predicted octanol–water partition coefficient (Wildman–Crippen LogP) is 0.608. The molecular formula is C5H5F3O4S. The Bertz CT molecular complexity index is 326. The minimum atomic E-state index is -4.98. The van der Waals surface area contributed by atoms with Crippen molar-refractivity contribution in [1.82, 2.24) is 0 Å². The van der Waals surface area contributed by atoms with Crippen LogP contribution in [0, 0.1) is 0 Å². The van der Waals surface area contributed by atoms with E-state index in [1.165, 1.54) is 0 Å². The topological polar surface area (TPSA) is 60.4 Å². The highest BCUT2D eigenvalue weighted by Crippen LogP contribution is 2.25. The lowest BCUT2D eigenvalue weighted by Crippen LogP contribution is -2.23. The Morgan fingerprint density at radius 3 is 2.00 bits per heavy atom. The molecule has 76 valence electrons. The van der Waals surface area contributed by atoms with Crippen LogP contribution in [0.15, 0.2) is 12.2 Å². The van der Waals surface area contributed by atoms with E-state index in [1.54, 1.807) is 0 Å². The molecule has 0 aromatic carbocycles. The Morgan fingerprint density at radius 1 is 1.38 bits per heavy atom. The van der Waals surface area contributed by atoms with Gasteiger partial charge in [-0.15, -0.1) is 0 Å². The average molecular weight is 218 g/mol. The molecule has 13 heavy (non-hydrogen) atoms. The van der Waals surface area contributed by atoms with Crippen LogP contribution < -0.4 is 0 Å². The molecule has 0 unspecified atom stereocenters. The molecule has 0 saturated carbocycles. The van der Waals surface area contributed by atoms with Gasteiger partial charge in [0, 0.05) is 0 Å². The second kappa shape index (κ2) is 3.36. The van der Waals surface area contributed by atoms with E-state index in [9.17, 15) is 26.4 Å². The summed E-state index contributed by atoms with van der Waals surface area (Å²) in [5.41, 5.74) is -1.86. The van der Waals surface area contributed by atoms with E-state index in [4.69, 9.17) is 0 Å². The molecule has 0 saturated heterocycles. The lowest BCUT2D eigenvalue weighted by molar-refractivity contribution is -0.141. The molecule has 0 aliphatic rings. The first kappa shape index (κ1) is 11.9. The predicted molar refractivity (Wildman–Crippen MR) is 36.1 cm³/mol. The summed E-state index contributed by atoms with van der Waals surface area (Å²) in [7, 11) is -4.24. The number of carbonyl (C=O) groups is 1. The zero-order valence-electron chi connectivity index (χ0n) is 6.38. The zero-order valence-corrected chi connectivity index (χ0v) is 7.20. The Kier molecular flexibility index (Phi) is 3.09. The third-order valence-corrected chi connectivity index (χ3v) is 1.27. The van der Waals surface area contributed by atoms with Gasteiger partial charge in [0.05, 0.1) is 6.26 Å². The van der Waals surface area contributed by atoms with Crippen molar-refractivity contribution in [3.63, 3.8) is 0 Å². The van der Waals surface area contributed by atoms with Gasteiger partial charge in [0.25, 0.3) is 0 Å². The quantitative estimate of drug-likeness (QED) is 0.503. The molecule has 0 aliphatic carbocycles. The van der Waals surface area contributed by atoms with Crippen molar-refractivity contribution in [3.8, 4) is 0 Å². The second-order valence-electron chi connectivity index (χ2n) is 2.05. The van der Waals surface area contributed by atoms with Gasteiger partial charge in [-0.25, -0.2) is 4.79 Å². The number of halogens is 3. The van der Waals surface area contributed by atoms with Crippen molar-refractivity contribution in [3.05, 3.63) is 12.2 Å². The summed E-state index contributed by atoms with van der Waals surface area (Å²) in [6.07, 6.45) is -4.53. The van der Waals surface area contributed by atoms with Crippen LogP contribution in [-0.2, 0) is 19.1 Å². The number of hydrogen-bond acceptors (Lipinski definition) is 4. The molecule has 0 N–H and O–H groups in total. The number of carbonyl (C=O) groups excluding carboxylic acids is 1. The van der Waals surface area contributed by atoms with Crippen LogP contribution in [0.5, 0.6) is 0 Å². The Balaban J connectivity index is 4.58. The van der Waals surface area contributed by atoms with Gasteiger partial charge >= 0.3 is 22.3 Å². The maximum atomic E-state index is 11.7. The van der Waals surface area contributed by atoms with Crippen molar-refractivity contribution >= 4 is 16.1 Å². The highest BCUT2D eigenvalue weighted by molar-refractivity contribution is 7.86. The van der Waals surface area contributed by atoms with Gasteiger partial charge in [0.1, 0.15) is 5.57 Å². The molecule has 0 radical (unpaired) electrons. The molecule has 8 heteroatoms. The minimum Gasteiger partial charge on any atom is -0.341 e. The fourth-order valence-electron chi connectivity index (χ4n) is 0.304. The van der Waals surface area contributed by atoms with Crippen LogP contribution in [0.1, 0.15) is 0 Å². The molecule has 0 atom stereocenters. The van der Waals surface area contributed by atoms with Crippen molar-refractivity contribution in [1.29, 1.82) is 0 Å². The van der Waals surface area contributed by atoms with E-state index in [2.05, 4.69) is 10.8 Å². The monoisotopic (exact) mass is 218 g/mol. The Labute approximate surface area is 72.1 Å². The van der Waals surface area contributed by atoms with Crippen LogP contribution in [0.2, 0.25) is 0 Å². The molecule has 0 aromatic rings. The first-order valence-electron chi connectivity index (χ1n) is 2.74. The molecule has 0 rings (SSSR count). The second-order valence-corrected chi connectivity index (χ2v) is 3.63. The lowest BCUT2D eigenvalue weighted by atomic mass is 10.3. The maximum Gasteiger partial charge on any atom is 0.422 e. The highest BCUT2D eigenvalue weighted by atomic mass is 32.2. The van der Waals surface area contributed by atoms with E-state index in [0.717, 1.165) is 0 Å². The van der Waals surface area contributed by atoms with Gasteiger partial charge in [-0.1, -0.05) is 6.58 Å². The van der Waals surface area contributed by atoms with E-state index >= 15 is 0 Å². The molecular weight excluding hydrogens is 213 g/mol. The van der Waals surface area contributed by atoms with Crippen molar-refractivity contribution in [2.24, 2.45) is 0 Å². The van der Waals surface area contributed by atoms with E-state index in [0.29, 0.717) is 6.26 Å². The molecule has 0 aliphatic heterocycles. The average Bonchev–Trinajstić information content (AvgIpc) is 1.79. The summed E-state index contributed by atoms with van der Waals surface area (Å²) in [6.45, 7) is 2.35. The summed E-state index contributed by atoms with van der Waals surface area (Å²) in [5.74, 6) is -2.02. The van der Waals surface area contributed by atoms with Gasteiger partial charge in [-0.3, -0.25) is 0 Å². The van der Waals surface area contributed by atoms with Gasteiger partial charge in [0.15, 0.2) is 0 Å². The number of hydrogen-bond donors (Lipinski definition) is 0. The number of alkyl halides is 3. The van der Waals surface area contributed by atoms with Crippen LogP contribution in [0.4, 0.5) is 13.2 Å². The summed E-state index contributed by atoms with van der Waals surface area (Å²) < 4.78 is 58.9. The van der Waals surface area contributed by atoms with E-state index < -0.39 is 27.8 Å². The minimum absolute atomic E-state index is 0.453. The largest absolute Gasteiger partial charge is 0.422 e. The maximum absolute atomic E-state index is 11.7. The van der Waals surface area contributed by atoms with Crippen LogP contribution >= 0.6 is 0 Å². The van der Waals surface area contributed by atoms with Crippen LogP contribution in [0.3, 0.4) is 0 Å². The molecule has 0 amide bonds. The molecule has 0 fully saturated rings. The van der Waals surface area contributed by atoms with E-state index in [-0.39, 0.29) is 0 Å². The molecule has 0 heterocycles. The van der Waals surface area contributed by atoms with Gasteiger partial charge in [0.2, 0.25) is 0 Å². The summed E-state index contributed by atoms with van der Waals surface area (Å²) in [5, 5.41) is 0. The van der Waals surface area contributed by atoms with Crippen molar-refractivity contribution in [2.45, 2.75) is 6.18 Å². The summed E-state index contributed by atoms with van der Waals surface area (Å²) >= 11 is 0. The van der Waals surface area contributed by atoms with Crippen molar-refractivity contribution in [2.75, 3.05) is 6.26 Å². The Morgan fingerprint density at radius 2 is 1.77 bits per heavy atom. The zero-order chi connectivity index (χ0) is 10.9. The smallest absolute Gasteiger partial charge is 0.341 e. The normalized spacial score (nSPS) is 12.3. The SMILES string of the molecule is C=C(C(=O)OS(C)(=O)=O)C(F)(F)F. The van der Waals surface area contributed by atoms with E-state index in [1.807, 2.05) is 0 Å². The van der Waals surface area contributed by atoms with Gasteiger partial charge in [-0.05, 0) is 0 Å². The summed E-state index contributed by atoms with van der Waals surface area (Å²) in [4.78, 5) is 10.4. The third-order valence-electron chi connectivity index (χ3n) is 0.816. The van der Waals surface area contributed by atoms with Crippen molar-refractivity contribution < 1.29 is 30.6 Å². The highest BCUT2D eigenvalue weighted by Gasteiger charge is 2.39. The first-order valence-corrected chi connectivity index (χ1v) is 4.55. The lowest BCUT2D eigenvalue weighted by Gasteiger charge is -2.07. The number of rotatable bonds is 2. The Hall–Kier alpha value is -1.05. The fourth-order valence-corrected chi connectivity index (χ4v) is 0.679. The molecule has 0 bridgehead atoms. The molecule has 0 aromatic heterocycles. The van der Waals surface area contributed by atoms with Crippen LogP contribution in [-0.4, -0.2) is 26.8 Å².